The van der Waals surface area contributed by atoms with Crippen LogP contribution in [0.25, 0.3) is 17.1 Å². The number of carbonyl (C=O) groups excluding carboxylic acids is 1. The molecule has 1 aromatic heterocycles. The summed E-state index contributed by atoms with van der Waals surface area (Å²) in [5.74, 6) is 0.338. The lowest BCUT2D eigenvalue weighted by Crippen LogP contribution is -2.14. The Kier molecular flexibility index (Phi) is 5.60. The van der Waals surface area contributed by atoms with E-state index >= 15 is 0 Å². The van der Waals surface area contributed by atoms with E-state index in [2.05, 4.69) is 47.3 Å². The molecule has 0 aliphatic carbocycles. The minimum Gasteiger partial charge on any atom is -0.319 e. The Hall–Kier alpha value is -2.77. The van der Waals surface area contributed by atoms with Gasteiger partial charge in [0.25, 0.3) is 5.91 Å². The molecule has 144 valence electrons. The van der Waals surface area contributed by atoms with Crippen molar-refractivity contribution in [2.45, 2.75) is 6.92 Å². The number of rotatable bonds is 4. The van der Waals surface area contributed by atoms with Crippen LogP contribution in [0.5, 0.6) is 0 Å². The molecule has 1 heterocycles. The molecular formula is C22H16Br2N4O. The van der Waals surface area contributed by atoms with Gasteiger partial charge in [-0.2, -0.15) is 0 Å². The summed E-state index contributed by atoms with van der Waals surface area (Å²) in [6, 6.07) is 23.0. The van der Waals surface area contributed by atoms with Crippen molar-refractivity contribution in [2.75, 3.05) is 5.32 Å². The molecule has 7 heteroatoms. The minimum absolute atomic E-state index is 0.103. The SMILES string of the molecule is Cc1ccc(-n2nc(C(=O)Nc3ccc(Br)cc3)nc2-c2ccc(Br)cc2)cc1. The minimum atomic E-state index is -0.364. The zero-order chi connectivity index (χ0) is 20.4. The van der Waals surface area contributed by atoms with E-state index in [0.29, 0.717) is 11.5 Å². The highest BCUT2D eigenvalue weighted by molar-refractivity contribution is 9.10. The van der Waals surface area contributed by atoms with Crippen LogP contribution in [0.2, 0.25) is 0 Å². The summed E-state index contributed by atoms with van der Waals surface area (Å²) in [5.41, 5.74) is 3.52. The van der Waals surface area contributed by atoms with Gasteiger partial charge >= 0.3 is 0 Å². The highest BCUT2D eigenvalue weighted by Gasteiger charge is 2.19. The predicted molar refractivity (Wildman–Crippen MR) is 121 cm³/mol. The van der Waals surface area contributed by atoms with Gasteiger partial charge in [-0.3, -0.25) is 4.79 Å². The van der Waals surface area contributed by atoms with Crippen LogP contribution in [0.4, 0.5) is 5.69 Å². The van der Waals surface area contributed by atoms with Crippen molar-refractivity contribution in [3.63, 3.8) is 0 Å². The Morgan fingerprint density at radius 2 is 1.45 bits per heavy atom. The maximum absolute atomic E-state index is 12.8. The Bertz CT molecular complexity index is 1090. The monoisotopic (exact) mass is 510 g/mol. The Balaban J connectivity index is 1.74. The molecule has 0 fully saturated rings. The summed E-state index contributed by atoms with van der Waals surface area (Å²) in [4.78, 5) is 17.3. The molecule has 4 rings (SSSR count). The van der Waals surface area contributed by atoms with Crippen LogP contribution in [-0.4, -0.2) is 20.7 Å². The molecule has 0 aliphatic rings. The summed E-state index contributed by atoms with van der Waals surface area (Å²) < 4.78 is 3.60. The van der Waals surface area contributed by atoms with E-state index in [9.17, 15) is 4.79 Å². The number of hydrogen-bond donors (Lipinski definition) is 1. The Labute approximate surface area is 185 Å². The van der Waals surface area contributed by atoms with E-state index in [4.69, 9.17) is 0 Å². The molecule has 0 atom stereocenters. The second-order valence-electron chi connectivity index (χ2n) is 6.47. The van der Waals surface area contributed by atoms with E-state index in [-0.39, 0.29) is 11.7 Å². The third kappa shape index (κ3) is 4.46. The van der Waals surface area contributed by atoms with Gasteiger partial charge in [0.05, 0.1) is 5.69 Å². The van der Waals surface area contributed by atoms with Crippen molar-refractivity contribution in [3.05, 3.63) is 93.1 Å². The number of aryl methyl sites for hydroxylation is 1. The average Bonchev–Trinajstić information content (AvgIpc) is 3.16. The highest BCUT2D eigenvalue weighted by Crippen LogP contribution is 2.24. The standard InChI is InChI=1S/C22H16Br2N4O/c1-14-2-12-19(13-3-14)28-21(15-4-6-16(23)7-5-15)26-20(27-28)22(29)25-18-10-8-17(24)9-11-18/h2-13H,1H3,(H,25,29). The first-order valence-corrected chi connectivity index (χ1v) is 10.5. The predicted octanol–water partition coefficient (Wildman–Crippen LogP) is 6.02. The smallest absolute Gasteiger partial charge is 0.295 e. The number of anilines is 1. The average molecular weight is 512 g/mol. The second kappa shape index (κ2) is 8.31. The van der Waals surface area contributed by atoms with Crippen LogP contribution in [0, 0.1) is 6.92 Å². The van der Waals surface area contributed by atoms with Crippen molar-refractivity contribution < 1.29 is 4.79 Å². The first kappa shape index (κ1) is 19.5. The van der Waals surface area contributed by atoms with Crippen LogP contribution in [0.1, 0.15) is 16.2 Å². The van der Waals surface area contributed by atoms with Gasteiger partial charge in [0.1, 0.15) is 0 Å². The molecule has 0 saturated heterocycles. The molecule has 5 nitrogen and oxygen atoms in total. The zero-order valence-corrected chi connectivity index (χ0v) is 18.6. The topological polar surface area (TPSA) is 59.8 Å². The van der Waals surface area contributed by atoms with Crippen LogP contribution in [0.3, 0.4) is 0 Å². The van der Waals surface area contributed by atoms with E-state index in [0.717, 1.165) is 25.8 Å². The summed E-state index contributed by atoms with van der Waals surface area (Å²) in [5, 5.41) is 7.34. The molecule has 1 N–H and O–H groups in total. The third-order valence-corrected chi connectivity index (χ3v) is 5.35. The van der Waals surface area contributed by atoms with Crippen molar-refractivity contribution in [1.82, 2.24) is 14.8 Å². The Morgan fingerprint density at radius 3 is 2.07 bits per heavy atom. The number of halogens is 2. The quantitative estimate of drug-likeness (QED) is 0.364. The summed E-state index contributed by atoms with van der Waals surface area (Å²) in [6.45, 7) is 2.03. The molecule has 0 spiro atoms. The largest absolute Gasteiger partial charge is 0.319 e. The lowest BCUT2D eigenvalue weighted by Gasteiger charge is -2.06. The molecule has 0 aliphatic heterocycles. The lowest BCUT2D eigenvalue weighted by molar-refractivity contribution is 0.101. The number of nitrogens with one attached hydrogen (secondary N) is 1. The van der Waals surface area contributed by atoms with E-state index in [1.807, 2.05) is 79.7 Å². The number of hydrogen-bond acceptors (Lipinski definition) is 3. The normalized spacial score (nSPS) is 10.7. The number of carbonyl (C=O) groups is 1. The molecule has 0 saturated carbocycles. The summed E-state index contributed by atoms with van der Waals surface area (Å²) >= 11 is 6.84. The molecule has 0 radical (unpaired) electrons. The van der Waals surface area contributed by atoms with Crippen molar-refractivity contribution in [2.24, 2.45) is 0 Å². The molecule has 0 bridgehead atoms. The first-order valence-electron chi connectivity index (χ1n) is 8.86. The lowest BCUT2D eigenvalue weighted by atomic mass is 10.2. The first-order chi connectivity index (χ1) is 14.0. The fraction of sp³-hybridized carbons (Fsp3) is 0.0455. The van der Waals surface area contributed by atoms with Gasteiger partial charge in [-0.1, -0.05) is 61.7 Å². The number of aromatic nitrogens is 3. The Morgan fingerprint density at radius 1 is 0.862 bits per heavy atom. The van der Waals surface area contributed by atoms with Crippen molar-refractivity contribution in [1.29, 1.82) is 0 Å². The maximum atomic E-state index is 12.8. The molecule has 0 unspecified atom stereocenters. The van der Waals surface area contributed by atoms with Crippen LogP contribution in [0.15, 0.2) is 81.7 Å². The van der Waals surface area contributed by atoms with Gasteiger partial charge in [-0.25, -0.2) is 9.67 Å². The van der Waals surface area contributed by atoms with Crippen LogP contribution < -0.4 is 5.32 Å². The summed E-state index contributed by atoms with van der Waals surface area (Å²) in [7, 11) is 0. The van der Waals surface area contributed by atoms with Gasteiger partial charge in [0, 0.05) is 20.2 Å². The third-order valence-electron chi connectivity index (χ3n) is 4.29. The van der Waals surface area contributed by atoms with Gasteiger partial charge in [0.15, 0.2) is 5.82 Å². The summed E-state index contributed by atoms with van der Waals surface area (Å²) in [6.07, 6.45) is 0. The van der Waals surface area contributed by atoms with Gasteiger partial charge in [0.2, 0.25) is 5.82 Å². The molecule has 3 aromatic carbocycles. The van der Waals surface area contributed by atoms with Crippen LogP contribution >= 0.6 is 31.9 Å². The number of nitrogens with zero attached hydrogens (tertiary/aromatic N) is 3. The van der Waals surface area contributed by atoms with Gasteiger partial charge in [-0.15, -0.1) is 5.10 Å². The van der Waals surface area contributed by atoms with Gasteiger partial charge in [-0.05, 0) is 55.5 Å². The second-order valence-corrected chi connectivity index (χ2v) is 8.31. The van der Waals surface area contributed by atoms with E-state index in [1.54, 1.807) is 4.68 Å². The van der Waals surface area contributed by atoms with E-state index in [1.165, 1.54) is 0 Å². The van der Waals surface area contributed by atoms with Crippen molar-refractivity contribution >= 4 is 43.5 Å². The fourth-order valence-corrected chi connectivity index (χ4v) is 3.31. The number of amides is 1. The fourth-order valence-electron chi connectivity index (χ4n) is 2.78. The van der Waals surface area contributed by atoms with Crippen molar-refractivity contribution in [3.8, 4) is 17.1 Å². The van der Waals surface area contributed by atoms with E-state index < -0.39 is 0 Å². The zero-order valence-electron chi connectivity index (χ0n) is 15.4. The van der Waals surface area contributed by atoms with Crippen LogP contribution in [-0.2, 0) is 0 Å². The molecular weight excluding hydrogens is 496 g/mol. The highest BCUT2D eigenvalue weighted by atomic mass is 79.9. The van der Waals surface area contributed by atoms with Gasteiger partial charge < -0.3 is 5.32 Å². The maximum Gasteiger partial charge on any atom is 0.295 e. The molecule has 4 aromatic rings. The molecule has 29 heavy (non-hydrogen) atoms. The molecule has 1 amide bonds. The number of benzene rings is 3.